The number of hydrogen-bond acceptors (Lipinski definition) is 4. The Bertz CT molecular complexity index is 1060. The predicted octanol–water partition coefficient (Wildman–Crippen LogP) is 5.40. The lowest BCUT2D eigenvalue weighted by Gasteiger charge is -2.18. The number of rotatable bonds is 4. The zero-order valence-electron chi connectivity index (χ0n) is 16.5. The minimum atomic E-state index is -4.40. The number of nitrogens with zero attached hydrogens (tertiary/aromatic N) is 3. The van der Waals surface area contributed by atoms with Gasteiger partial charge < -0.3 is 9.42 Å². The van der Waals surface area contributed by atoms with E-state index in [1.54, 1.807) is 4.90 Å². The lowest BCUT2D eigenvalue weighted by atomic mass is 10.0. The van der Waals surface area contributed by atoms with Crippen LogP contribution in [0.15, 0.2) is 53.1 Å². The summed E-state index contributed by atoms with van der Waals surface area (Å²) < 4.78 is 43.5. The molecule has 0 radical (unpaired) electrons. The van der Waals surface area contributed by atoms with Crippen LogP contribution in [0.25, 0.3) is 11.4 Å². The van der Waals surface area contributed by atoms with Gasteiger partial charge in [-0.25, -0.2) is 0 Å². The first-order valence-electron chi connectivity index (χ1n) is 9.64. The Morgan fingerprint density at radius 1 is 1.13 bits per heavy atom. The van der Waals surface area contributed by atoms with Crippen molar-refractivity contribution in [2.45, 2.75) is 38.3 Å². The quantitative estimate of drug-likeness (QED) is 0.573. The van der Waals surface area contributed by atoms with E-state index in [9.17, 15) is 18.0 Å². The van der Waals surface area contributed by atoms with Crippen molar-refractivity contribution >= 4 is 11.6 Å². The van der Waals surface area contributed by atoms with Crippen molar-refractivity contribution < 1.29 is 22.5 Å². The van der Waals surface area contributed by atoms with Gasteiger partial charge in [-0.15, -0.1) is 0 Å². The molecule has 156 valence electrons. The van der Waals surface area contributed by atoms with Crippen LogP contribution in [-0.4, -0.2) is 22.6 Å². The molecular weight excluding hydrogens is 395 g/mol. The number of halogens is 3. The molecule has 0 saturated carbocycles. The summed E-state index contributed by atoms with van der Waals surface area (Å²) in [4.78, 5) is 18.6. The number of alkyl halides is 3. The third kappa shape index (κ3) is 3.94. The van der Waals surface area contributed by atoms with E-state index in [0.717, 1.165) is 23.4 Å². The lowest BCUT2D eigenvalue weighted by Crippen LogP contribution is -2.24. The molecule has 4 rings (SSSR count). The van der Waals surface area contributed by atoms with Crippen molar-refractivity contribution in [3.05, 3.63) is 65.5 Å². The number of anilines is 1. The van der Waals surface area contributed by atoms with Crippen LogP contribution in [0, 0.1) is 0 Å². The van der Waals surface area contributed by atoms with Crippen molar-refractivity contribution in [3.63, 3.8) is 0 Å². The van der Waals surface area contributed by atoms with Gasteiger partial charge in [-0.05, 0) is 35.7 Å². The van der Waals surface area contributed by atoms with Crippen molar-refractivity contribution in [3.8, 4) is 11.4 Å². The molecule has 1 unspecified atom stereocenters. The van der Waals surface area contributed by atoms with Crippen LogP contribution < -0.4 is 4.90 Å². The van der Waals surface area contributed by atoms with E-state index in [-0.39, 0.29) is 24.1 Å². The Balaban J connectivity index is 1.52. The second kappa shape index (κ2) is 7.59. The van der Waals surface area contributed by atoms with Gasteiger partial charge in [0.25, 0.3) is 0 Å². The molecule has 5 nitrogen and oxygen atoms in total. The minimum Gasteiger partial charge on any atom is -0.339 e. The normalized spacial score (nSPS) is 17.2. The molecule has 3 aromatic rings. The number of benzene rings is 2. The van der Waals surface area contributed by atoms with Crippen LogP contribution >= 0.6 is 0 Å². The van der Waals surface area contributed by atoms with Gasteiger partial charge in [0.2, 0.25) is 17.6 Å². The molecule has 2 aromatic carbocycles. The van der Waals surface area contributed by atoms with E-state index in [1.165, 1.54) is 12.1 Å². The summed E-state index contributed by atoms with van der Waals surface area (Å²) in [5.74, 6) is 0.555. The highest BCUT2D eigenvalue weighted by atomic mass is 19.4. The molecule has 0 spiro atoms. The van der Waals surface area contributed by atoms with E-state index in [0.29, 0.717) is 23.9 Å². The fraction of sp³-hybridized carbons (Fsp3) is 0.318. The first-order chi connectivity index (χ1) is 14.2. The van der Waals surface area contributed by atoms with Gasteiger partial charge in [0.15, 0.2) is 0 Å². The lowest BCUT2D eigenvalue weighted by molar-refractivity contribution is -0.137. The Morgan fingerprint density at radius 2 is 1.87 bits per heavy atom. The van der Waals surface area contributed by atoms with Crippen LogP contribution in [0.3, 0.4) is 0 Å². The van der Waals surface area contributed by atoms with Gasteiger partial charge in [-0.3, -0.25) is 4.79 Å². The first-order valence-corrected chi connectivity index (χ1v) is 9.64. The monoisotopic (exact) mass is 415 g/mol. The molecule has 1 aliphatic heterocycles. The summed E-state index contributed by atoms with van der Waals surface area (Å²) in [7, 11) is 0. The van der Waals surface area contributed by atoms with E-state index in [1.807, 2.05) is 24.3 Å². The maximum absolute atomic E-state index is 12.7. The summed E-state index contributed by atoms with van der Waals surface area (Å²) in [5.41, 5.74) is 1.65. The fourth-order valence-electron chi connectivity index (χ4n) is 3.50. The van der Waals surface area contributed by atoms with Gasteiger partial charge in [0.1, 0.15) is 0 Å². The number of aromatic nitrogens is 2. The highest BCUT2D eigenvalue weighted by Crippen LogP contribution is 2.34. The average molecular weight is 415 g/mol. The fourth-order valence-corrected chi connectivity index (χ4v) is 3.50. The van der Waals surface area contributed by atoms with Crippen LogP contribution in [0.2, 0.25) is 0 Å². The molecule has 1 saturated heterocycles. The average Bonchev–Trinajstić information content (AvgIpc) is 3.34. The number of hydrogen-bond donors (Lipinski definition) is 0. The van der Waals surface area contributed by atoms with Gasteiger partial charge in [-0.2, -0.15) is 18.2 Å². The van der Waals surface area contributed by atoms with Gasteiger partial charge >= 0.3 is 6.18 Å². The maximum atomic E-state index is 12.7. The Labute approximate surface area is 171 Å². The molecule has 0 bridgehead atoms. The minimum absolute atomic E-state index is 0.0322. The van der Waals surface area contributed by atoms with E-state index in [4.69, 9.17) is 4.52 Å². The smallest absolute Gasteiger partial charge is 0.339 e. The number of amides is 1. The maximum Gasteiger partial charge on any atom is 0.416 e. The van der Waals surface area contributed by atoms with Crippen LogP contribution in [0.4, 0.5) is 18.9 Å². The standard InChI is InChI=1S/C22H20F3N3O2/c1-13(2)15-4-3-5-18(10-15)28-12-16(11-19(28)29)21-26-20(27-30-21)14-6-8-17(9-7-14)22(23,24)25/h3-10,13,16H,11-12H2,1-2H3. The molecule has 1 aromatic heterocycles. The second-order valence-electron chi connectivity index (χ2n) is 7.69. The Hall–Kier alpha value is -3.16. The predicted molar refractivity (Wildman–Crippen MR) is 105 cm³/mol. The summed E-state index contributed by atoms with van der Waals surface area (Å²) >= 11 is 0. The highest BCUT2D eigenvalue weighted by Gasteiger charge is 2.35. The third-order valence-corrected chi connectivity index (χ3v) is 5.23. The molecule has 8 heteroatoms. The van der Waals surface area contributed by atoms with Gasteiger partial charge in [0.05, 0.1) is 11.5 Å². The van der Waals surface area contributed by atoms with Crippen molar-refractivity contribution in [2.24, 2.45) is 0 Å². The van der Waals surface area contributed by atoms with Crippen LogP contribution in [-0.2, 0) is 11.0 Å². The Kier molecular flexibility index (Phi) is 5.09. The van der Waals surface area contributed by atoms with Gasteiger partial charge in [-0.1, -0.05) is 43.3 Å². The Morgan fingerprint density at radius 3 is 2.53 bits per heavy atom. The van der Waals surface area contributed by atoms with Gasteiger partial charge in [0, 0.05) is 24.2 Å². The second-order valence-corrected chi connectivity index (χ2v) is 7.69. The molecule has 1 aliphatic rings. The topological polar surface area (TPSA) is 59.2 Å². The van der Waals surface area contributed by atoms with Crippen molar-refractivity contribution in [1.29, 1.82) is 0 Å². The largest absolute Gasteiger partial charge is 0.416 e. The molecule has 30 heavy (non-hydrogen) atoms. The number of carbonyl (C=O) groups excluding carboxylic acids is 1. The molecule has 1 fully saturated rings. The molecule has 1 amide bonds. The van der Waals surface area contributed by atoms with E-state index < -0.39 is 11.7 Å². The summed E-state index contributed by atoms with van der Waals surface area (Å²) in [5, 5.41) is 3.89. The molecule has 0 aliphatic carbocycles. The number of carbonyl (C=O) groups is 1. The summed E-state index contributed by atoms with van der Waals surface area (Å²) in [6.45, 7) is 4.60. The SMILES string of the molecule is CC(C)c1cccc(N2CC(c3nc(-c4ccc(C(F)(F)F)cc4)no3)CC2=O)c1. The molecular formula is C22H20F3N3O2. The van der Waals surface area contributed by atoms with Crippen molar-refractivity contribution in [2.75, 3.05) is 11.4 Å². The van der Waals surface area contributed by atoms with Crippen molar-refractivity contribution in [1.82, 2.24) is 10.1 Å². The van der Waals surface area contributed by atoms with E-state index in [2.05, 4.69) is 24.0 Å². The zero-order valence-corrected chi connectivity index (χ0v) is 16.5. The summed E-state index contributed by atoms with van der Waals surface area (Å²) in [6.07, 6.45) is -4.16. The van der Waals surface area contributed by atoms with Crippen LogP contribution in [0.1, 0.15) is 49.1 Å². The molecule has 0 N–H and O–H groups in total. The van der Waals surface area contributed by atoms with Crippen LogP contribution in [0.5, 0.6) is 0 Å². The first kappa shape index (κ1) is 20.1. The molecule has 1 atom stereocenters. The third-order valence-electron chi connectivity index (χ3n) is 5.23. The zero-order chi connectivity index (χ0) is 21.5. The summed E-state index contributed by atoms with van der Waals surface area (Å²) in [6, 6.07) is 12.4. The highest BCUT2D eigenvalue weighted by molar-refractivity contribution is 5.96. The van der Waals surface area contributed by atoms with E-state index >= 15 is 0 Å². The molecule has 2 heterocycles.